The number of nitrogens with zero attached hydrogens (tertiary/aromatic N) is 4. The molecule has 0 radical (unpaired) electrons. The standard InChI is InChI=1S/C47H47N7O8S3/c1-45(2,3)61-43(60)46(4,5)62-52-36(34-28-65-44(49-34)51-47(30-15-9-6-10-16-30,31-17-11-7-12-18-31)32-19-13-8-14-20-32)39(56)50-37-40(57)54-38(42(58)59)29(27-64-41(37)54)26-63-33-21-23-53(24-22-33)25-35(48)55/h6-24,28,37,41H,25-27H2,1-5H3,(H4-,48,49,50,51,55,56,58,59)/b52-36-/t37-,41-/m1/s1. The van der Waals surface area contributed by atoms with Crippen LogP contribution in [0.5, 0.6) is 0 Å². The van der Waals surface area contributed by atoms with Gasteiger partial charge < -0.3 is 35.8 Å². The Balaban J connectivity index is 1.18. The first kappa shape index (κ1) is 46.5. The summed E-state index contributed by atoms with van der Waals surface area (Å²) in [5.74, 6) is -3.75. The molecule has 336 valence electrons. The zero-order valence-electron chi connectivity index (χ0n) is 36.2. The number of amides is 3. The highest BCUT2D eigenvalue weighted by Gasteiger charge is 2.53. The molecular weight excluding hydrogens is 887 g/mol. The van der Waals surface area contributed by atoms with E-state index >= 15 is 0 Å². The molecule has 1 fully saturated rings. The number of nitrogens with two attached hydrogens (primary N) is 1. The van der Waals surface area contributed by atoms with Crippen molar-refractivity contribution < 1.29 is 43.2 Å². The van der Waals surface area contributed by atoms with Crippen LogP contribution in [-0.2, 0) is 45.6 Å². The molecule has 0 bridgehead atoms. The number of anilines is 1. The number of aliphatic carboxylic acids is 1. The summed E-state index contributed by atoms with van der Waals surface area (Å²) in [4.78, 5) is 77.9. The molecule has 2 aromatic heterocycles. The van der Waals surface area contributed by atoms with Gasteiger partial charge in [0.15, 0.2) is 23.2 Å². The molecule has 0 unspecified atom stereocenters. The van der Waals surface area contributed by atoms with Crippen LogP contribution >= 0.6 is 34.9 Å². The van der Waals surface area contributed by atoms with E-state index in [4.69, 9.17) is 20.3 Å². The molecule has 65 heavy (non-hydrogen) atoms. The molecule has 7 rings (SSSR count). The van der Waals surface area contributed by atoms with Crippen LogP contribution in [0.15, 0.2) is 142 Å². The largest absolute Gasteiger partial charge is 0.543 e. The molecule has 1 saturated heterocycles. The second kappa shape index (κ2) is 19.3. The lowest BCUT2D eigenvalue weighted by atomic mass is 9.77. The number of fused-ring (bicyclic) bond motifs is 1. The summed E-state index contributed by atoms with van der Waals surface area (Å²) >= 11 is 3.86. The molecule has 0 aliphatic carbocycles. The lowest BCUT2D eigenvalue weighted by Crippen LogP contribution is -2.71. The van der Waals surface area contributed by atoms with Crippen molar-refractivity contribution in [2.24, 2.45) is 10.9 Å². The molecule has 3 amide bonds. The van der Waals surface area contributed by atoms with Crippen molar-refractivity contribution in [3.63, 3.8) is 0 Å². The summed E-state index contributed by atoms with van der Waals surface area (Å²) in [5, 5.41) is 24.5. The molecule has 2 aliphatic rings. The highest BCUT2D eigenvalue weighted by Crippen LogP contribution is 2.43. The lowest BCUT2D eigenvalue weighted by molar-refractivity contribution is -0.684. The number of thioether (sulfide) groups is 2. The molecule has 0 spiro atoms. The first-order chi connectivity index (χ1) is 31.0. The number of rotatable bonds is 17. The van der Waals surface area contributed by atoms with E-state index in [0.29, 0.717) is 10.7 Å². The fourth-order valence-electron chi connectivity index (χ4n) is 7.17. The Morgan fingerprint density at radius 2 is 1.48 bits per heavy atom. The number of esters is 1. The van der Waals surface area contributed by atoms with Crippen LogP contribution in [0.25, 0.3) is 0 Å². The van der Waals surface area contributed by atoms with Crippen molar-refractivity contribution in [1.82, 2.24) is 15.2 Å². The van der Waals surface area contributed by atoms with Gasteiger partial charge in [-0.25, -0.2) is 9.78 Å². The fourth-order valence-corrected chi connectivity index (χ4v) is 10.3. The number of carboxylic acid groups (broad SMARTS) is 1. The first-order valence-electron chi connectivity index (χ1n) is 20.5. The number of primary amides is 1. The number of aromatic nitrogens is 2. The van der Waals surface area contributed by atoms with Crippen LogP contribution in [-0.4, -0.2) is 79.4 Å². The number of pyridine rings is 1. The van der Waals surface area contributed by atoms with Gasteiger partial charge in [0, 0.05) is 33.9 Å². The Kier molecular flexibility index (Phi) is 13.8. The summed E-state index contributed by atoms with van der Waals surface area (Å²) in [6.45, 7) is 8.07. The number of hydrogen-bond donors (Lipinski definition) is 3. The number of β-lactam (4-membered cyclic amide) rings is 1. The number of carboxylic acids is 1. The minimum Gasteiger partial charge on any atom is -0.543 e. The Labute approximate surface area is 388 Å². The minimum atomic E-state index is -1.66. The Morgan fingerprint density at radius 3 is 2.00 bits per heavy atom. The van der Waals surface area contributed by atoms with Gasteiger partial charge in [-0.1, -0.05) is 96.2 Å². The van der Waals surface area contributed by atoms with Crippen molar-refractivity contribution in [2.45, 2.75) is 74.2 Å². The molecule has 4 N–H and O–H groups in total. The van der Waals surface area contributed by atoms with E-state index in [1.807, 2.05) is 91.0 Å². The number of oxime groups is 1. The maximum Gasteiger partial charge on any atom is 0.353 e. The molecule has 2 atom stereocenters. The summed E-state index contributed by atoms with van der Waals surface area (Å²) in [6.07, 6.45) is 3.38. The normalized spacial score (nSPS) is 16.5. The van der Waals surface area contributed by atoms with Crippen molar-refractivity contribution in [2.75, 3.05) is 16.8 Å². The van der Waals surface area contributed by atoms with Crippen molar-refractivity contribution in [3.05, 3.63) is 155 Å². The molecule has 5 aromatic rings. The van der Waals surface area contributed by atoms with Gasteiger partial charge in [0.05, 0.1) is 11.7 Å². The topological polar surface area (TPSA) is 209 Å². The van der Waals surface area contributed by atoms with Crippen molar-refractivity contribution in [1.29, 1.82) is 0 Å². The van der Waals surface area contributed by atoms with Crippen LogP contribution in [0.2, 0.25) is 0 Å². The van der Waals surface area contributed by atoms with Gasteiger partial charge in [-0.15, -0.1) is 34.9 Å². The van der Waals surface area contributed by atoms with E-state index in [0.717, 1.165) is 26.5 Å². The average molecular weight is 934 g/mol. The second-order valence-corrected chi connectivity index (χ2v) is 19.6. The van der Waals surface area contributed by atoms with Gasteiger partial charge in [0.2, 0.25) is 12.1 Å². The van der Waals surface area contributed by atoms with E-state index in [2.05, 4.69) is 15.8 Å². The number of nitrogens with one attached hydrogen (secondary N) is 2. The minimum absolute atomic E-state index is 0.0170. The summed E-state index contributed by atoms with van der Waals surface area (Å²) in [7, 11) is 0. The van der Waals surface area contributed by atoms with E-state index in [9.17, 15) is 29.1 Å². The highest BCUT2D eigenvalue weighted by molar-refractivity contribution is 8.01. The Bertz CT molecular complexity index is 2540. The average Bonchev–Trinajstić information content (AvgIpc) is 3.74. The van der Waals surface area contributed by atoms with Gasteiger partial charge >= 0.3 is 5.97 Å². The van der Waals surface area contributed by atoms with Crippen LogP contribution in [0.4, 0.5) is 5.13 Å². The van der Waals surface area contributed by atoms with E-state index in [1.165, 1.54) is 48.7 Å². The number of carbonyl (C=O) groups is 5. The smallest absolute Gasteiger partial charge is 0.353 e. The number of benzene rings is 3. The van der Waals surface area contributed by atoms with Gasteiger partial charge in [-0.05, 0) is 56.9 Å². The molecule has 4 heterocycles. The number of ether oxygens (including phenoxy) is 1. The zero-order valence-corrected chi connectivity index (χ0v) is 38.6. The Morgan fingerprint density at radius 1 is 0.908 bits per heavy atom. The third-order valence-corrected chi connectivity index (χ3v) is 13.5. The summed E-state index contributed by atoms with van der Waals surface area (Å²) in [5.41, 5.74) is 4.55. The predicted molar refractivity (Wildman–Crippen MR) is 246 cm³/mol. The van der Waals surface area contributed by atoms with Gasteiger partial charge in [0.25, 0.3) is 17.7 Å². The maximum atomic E-state index is 14.4. The highest BCUT2D eigenvalue weighted by atomic mass is 32.2. The SMILES string of the molecule is CC(C)(C)OC(=O)C(C)(C)O/N=C(\C(=O)N[C@@H]1C(=O)N2C(C(=O)[O-])=C(CSc3cc[n+](CC(N)=O)cc3)CS[C@H]12)c1csc(NC(c2ccccc2)(c2ccccc2)c2ccccc2)n1. The second-order valence-electron chi connectivity index (χ2n) is 16.6. The lowest BCUT2D eigenvalue weighted by Gasteiger charge is -2.50. The number of carbonyl (C=O) groups excluding carboxylic acids is 5. The summed E-state index contributed by atoms with van der Waals surface area (Å²) < 4.78 is 7.18. The summed E-state index contributed by atoms with van der Waals surface area (Å²) in [6, 6.07) is 32.1. The van der Waals surface area contributed by atoms with Crippen molar-refractivity contribution >= 4 is 75.4 Å². The van der Waals surface area contributed by atoms with Crippen LogP contribution in [0.1, 0.15) is 57.0 Å². The van der Waals surface area contributed by atoms with Crippen LogP contribution < -0.4 is 26.0 Å². The van der Waals surface area contributed by atoms with Crippen LogP contribution in [0.3, 0.4) is 0 Å². The molecule has 0 saturated carbocycles. The van der Waals surface area contributed by atoms with Gasteiger partial charge in [-0.3, -0.25) is 19.3 Å². The third kappa shape index (κ3) is 10.4. The van der Waals surface area contributed by atoms with E-state index < -0.39 is 57.8 Å². The van der Waals surface area contributed by atoms with Crippen molar-refractivity contribution in [3.8, 4) is 0 Å². The number of thiazole rings is 1. The molecule has 15 nitrogen and oxygen atoms in total. The molecule has 2 aliphatic heterocycles. The van der Waals surface area contributed by atoms with Gasteiger partial charge in [-0.2, -0.15) is 4.57 Å². The van der Waals surface area contributed by atoms with Gasteiger partial charge in [0.1, 0.15) is 28.2 Å². The fraction of sp³-hybridized carbons (Fsp3) is 0.277. The molecule has 18 heteroatoms. The Hall–Kier alpha value is -6.50. The monoisotopic (exact) mass is 933 g/mol. The first-order valence-corrected chi connectivity index (χ1v) is 23.4. The van der Waals surface area contributed by atoms with E-state index in [1.54, 1.807) is 55.2 Å². The maximum absolute atomic E-state index is 14.4. The van der Waals surface area contributed by atoms with E-state index in [-0.39, 0.29) is 35.2 Å². The van der Waals surface area contributed by atoms with Crippen LogP contribution in [0, 0.1) is 0 Å². The number of hydrogen-bond acceptors (Lipinski definition) is 14. The quantitative estimate of drug-likeness (QED) is 0.0226. The third-order valence-electron chi connectivity index (χ3n) is 10.3. The zero-order chi connectivity index (χ0) is 46.5. The molecular formula is C47H47N7O8S3. The predicted octanol–water partition coefficient (Wildman–Crippen LogP) is 4.36. The molecule has 3 aromatic carbocycles.